The number of likely N-dealkylation sites (N-methyl/N-ethyl adjacent to an activating group) is 1. The topological polar surface area (TPSA) is 112 Å². The highest BCUT2D eigenvalue weighted by Crippen LogP contribution is 2.48. The number of nitrogens with one attached hydrogen (secondary N) is 2. The van der Waals surface area contributed by atoms with Gasteiger partial charge in [0.25, 0.3) is 0 Å². The first-order valence-electron chi connectivity index (χ1n) is 13.0. The number of carbonyl (C=O) groups is 2. The molecular formula is C27H35Cl2N7O4. The fraction of sp³-hybridized carbons (Fsp3) is 0.481. The minimum atomic E-state index is -0.313. The lowest BCUT2D eigenvalue weighted by molar-refractivity contribution is -0.117. The summed E-state index contributed by atoms with van der Waals surface area (Å²) in [6.45, 7) is 0.853. The average molecular weight is 593 g/mol. The number of hydrogen-bond acceptors (Lipinski definition) is 8. The van der Waals surface area contributed by atoms with E-state index in [0.717, 1.165) is 18.4 Å². The van der Waals surface area contributed by atoms with Crippen molar-refractivity contribution < 1.29 is 19.1 Å². The second-order valence-electron chi connectivity index (χ2n) is 9.97. The van der Waals surface area contributed by atoms with Gasteiger partial charge in [-0.3, -0.25) is 14.6 Å². The van der Waals surface area contributed by atoms with Crippen LogP contribution >= 0.6 is 23.2 Å². The maximum atomic E-state index is 14.2. The first kappa shape index (κ1) is 29.7. The molecule has 2 N–H and O–H groups in total. The average Bonchev–Trinajstić information content (AvgIpc) is 2.93. The number of rotatable bonds is 9. The number of nitrogens with zero attached hydrogens (tertiary/aromatic N) is 5. The summed E-state index contributed by atoms with van der Waals surface area (Å²) < 4.78 is 10.9. The first-order valence-corrected chi connectivity index (χ1v) is 13.8. The molecule has 216 valence electrons. The monoisotopic (exact) mass is 591 g/mol. The van der Waals surface area contributed by atoms with Crippen LogP contribution in [0.15, 0.2) is 24.4 Å². The molecule has 0 radical (unpaired) electrons. The van der Waals surface area contributed by atoms with Crippen LogP contribution in [0.1, 0.15) is 31.2 Å². The fourth-order valence-electron chi connectivity index (χ4n) is 5.01. The van der Waals surface area contributed by atoms with Gasteiger partial charge in [-0.05, 0) is 39.8 Å². The Morgan fingerprint density at radius 1 is 1.15 bits per heavy atom. The number of ether oxygens (including phenoxy) is 2. The van der Waals surface area contributed by atoms with Crippen molar-refractivity contribution in [3.63, 3.8) is 0 Å². The summed E-state index contributed by atoms with van der Waals surface area (Å²) in [5, 5.41) is 6.44. The number of carbonyl (C=O) groups excluding carboxylic acids is 2. The van der Waals surface area contributed by atoms with Crippen LogP contribution < -0.4 is 29.9 Å². The van der Waals surface area contributed by atoms with Crippen LogP contribution in [0.25, 0.3) is 0 Å². The van der Waals surface area contributed by atoms with Crippen LogP contribution in [0.2, 0.25) is 10.0 Å². The lowest BCUT2D eigenvalue weighted by Gasteiger charge is -2.43. The molecule has 0 spiro atoms. The largest absolute Gasteiger partial charge is 0.495 e. The van der Waals surface area contributed by atoms with Crippen LogP contribution in [0.4, 0.5) is 22.2 Å². The molecule has 0 saturated heterocycles. The van der Waals surface area contributed by atoms with Gasteiger partial charge in [0.15, 0.2) is 0 Å². The molecule has 4 rings (SSSR count). The van der Waals surface area contributed by atoms with Crippen molar-refractivity contribution in [2.75, 3.05) is 57.0 Å². The number of halogens is 2. The summed E-state index contributed by atoms with van der Waals surface area (Å²) in [5.74, 6) is 1.51. The van der Waals surface area contributed by atoms with Crippen molar-refractivity contribution in [1.82, 2.24) is 20.2 Å². The van der Waals surface area contributed by atoms with E-state index in [1.54, 1.807) is 30.3 Å². The van der Waals surface area contributed by atoms with Gasteiger partial charge in [0.2, 0.25) is 11.9 Å². The summed E-state index contributed by atoms with van der Waals surface area (Å²) in [6.07, 6.45) is 7.89. The maximum absolute atomic E-state index is 14.2. The van der Waals surface area contributed by atoms with Crippen molar-refractivity contribution in [1.29, 1.82) is 0 Å². The highest BCUT2D eigenvalue weighted by molar-refractivity contribution is 6.42. The number of anilines is 3. The predicted octanol–water partition coefficient (Wildman–Crippen LogP) is 4.33. The van der Waals surface area contributed by atoms with E-state index in [4.69, 9.17) is 32.7 Å². The third-order valence-electron chi connectivity index (χ3n) is 7.03. The van der Waals surface area contributed by atoms with Gasteiger partial charge in [-0.2, -0.15) is 4.98 Å². The number of benzene rings is 1. The van der Waals surface area contributed by atoms with E-state index in [-0.39, 0.29) is 40.6 Å². The fourth-order valence-corrected chi connectivity index (χ4v) is 5.71. The molecule has 2 aromatic rings. The molecule has 1 aliphatic heterocycles. The van der Waals surface area contributed by atoms with E-state index in [1.807, 2.05) is 25.1 Å². The van der Waals surface area contributed by atoms with Gasteiger partial charge < -0.3 is 25.0 Å². The SMILES string of the molecule is CNc1ncc2c(n1)N(C1CCC(NC(=O)/C=C/CN(C)C)CC1)C(=O)N(c1c(Cl)c(OC)cc(OC)c1Cl)C2. The van der Waals surface area contributed by atoms with Crippen molar-refractivity contribution in [2.45, 2.75) is 44.3 Å². The maximum Gasteiger partial charge on any atom is 0.330 e. The Labute approximate surface area is 244 Å². The van der Waals surface area contributed by atoms with Gasteiger partial charge >= 0.3 is 6.03 Å². The van der Waals surface area contributed by atoms with Crippen LogP contribution in [-0.4, -0.2) is 80.8 Å². The molecule has 1 saturated carbocycles. The Kier molecular flexibility index (Phi) is 9.60. The number of fused-ring (bicyclic) bond motifs is 1. The van der Waals surface area contributed by atoms with Crippen molar-refractivity contribution >= 4 is 52.6 Å². The highest BCUT2D eigenvalue weighted by atomic mass is 35.5. The molecule has 2 aliphatic rings. The molecule has 3 amide bonds. The summed E-state index contributed by atoms with van der Waals surface area (Å²) >= 11 is 13.4. The Hall–Kier alpha value is -3.28. The standard InChI is InChI=1S/C27H35Cl2N7O4/c1-30-26-31-14-16-15-35(24-22(28)19(39-4)13-20(40-5)23(24)29)27(38)36(25(16)33-26)18-10-8-17(9-11-18)32-21(37)7-6-12-34(2)3/h6-7,13-14,17-18H,8-12,15H2,1-5H3,(H,32,37)(H,30,31,33)/b7-6+. The minimum absolute atomic E-state index is 0.0213. The van der Waals surface area contributed by atoms with Gasteiger partial charge in [-0.1, -0.05) is 29.3 Å². The molecule has 1 aliphatic carbocycles. The number of aromatic nitrogens is 2. The molecule has 0 atom stereocenters. The third kappa shape index (κ3) is 6.21. The number of amides is 3. The van der Waals surface area contributed by atoms with Crippen molar-refractivity contribution in [3.8, 4) is 11.5 Å². The molecule has 40 heavy (non-hydrogen) atoms. The molecule has 13 heteroatoms. The molecule has 1 aromatic carbocycles. The van der Waals surface area contributed by atoms with Crippen molar-refractivity contribution in [2.24, 2.45) is 0 Å². The minimum Gasteiger partial charge on any atom is -0.495 e. The molecule has 1 aromatic heterocycles. The zero-order valence-electron chi connectivity index (χ0n) is 23.3. The first-order chi connectivity index (χ1) is 19.2. The summed E-state index contributed by atoms with van der Waals surface area (Å²) in [7, 11) is 8.59. The molecule has 1 fully saturated rings. The lowest BCUT2D eigenvalue weighted by atomic mass is 9.89. The van der Waals surface area contributed by atoms with Gasteiger partial charge in [0.05, 0.1) is 26.5 Å². The molecular weight excluding hydrogens is 557 g/mol. The van der Waals surface area contributed by atoms with Gasteiger partial charge in [0.1, 0.15) is 27.4 Å². The van der Waals surface area contributed by atoms with E-state index >= 15 is 0 Å². The van der Waals surface area contributed by atoms with E-state index in [9.17, 15) is 9.59 Å². The smallest absolute Gasteiger partial charge is 0.330 e. The van der Waals surface area contributed by atoms with Gasteiger partial charge in [-0.15, -0.1) is 0 Å². The van der Waals surface area contributed by atoms with Gasteiger partial charge in [-0.25, -0.2) is 9.78 Å². The molecule has 11 nitrogen and oxygen atoms in total. The zero-order valence-corrected chi connectivity index (χ0v) is 24.8. The van der Waals surface area contributed by atoms with E-state index in [0.29, 0.717) is 48.3 Å². The summed E-state index contributed by atoms with van der Waals surface area (Å²) in [4.78, 5) is 40.8. The van der Waals surface area contributed by atoms with Gasteiger partial charge in [0, 0.05) is 49.6 Å². The molecule has 2 heterocycles. The molecule has 0 unspecified atom stereocenters. The van der Waals surface area contributed by atoms with E-state index < -0.39 is 0 Å². The highest BCUT2D eigenvalue weighted by Gasteiger charge is 2.41. The number of methoxy groups -OCH3 is 2. The normalized spacial score (nSPS) is 19.1. The molecule has 0 bridgehead atoms. The lowest BCUT2D eigenvalue weighted by Crippen LogP contribution is -2.54. The predicted molar refractivity (Wildman–Crippen MR) is 157 cm³/mol. The van der Waals surface area contributed by atoms with Crippen LogP contribution in [0, 0.1) is 0 Å². The second-order valence-corrected chi connectivity index (χ2v) is 10.7. The Morgan fingerprint density at radius 2 is 1.80 bits per heavy atom. The number of hydrogen-bond donors (Lipinski definition) is 2. The third-order valence-corrected chi connectivity index (χ3v) is 7.76. The van der Waals surface area contributed by atoms with Crippen LogP contribution in [0.3, 0.4) is 0 Å². The Bertz CT molecular complexity index is 1250. The number of urea groups is 1. The summed E-state index contributed by atoms with van der Waals surface area (Å²) in [5.41, 5.74) is 1.04. The van der Waals surface area contributed by atoms with Crippen LogP contribution in [0.5, 0.6) is 11.5 Å². The summed E-state index contributed by atoms with van der Waals surface area (Å²) in [6, 6.07) is 1.14. The van der Waals surface area contributed by atoms with Crippen LogP contribution in [-0.2, 0) is 11.3 Å². The zero-order chi connectivity index (χ0) is 29.0. The second kappa shape index (κ2) is 12.9. The Balaban J connectivity index is 1.62. The van der Waals surface area contributed by atoms with E-state index in [2.05, 4.69) is 20.6 Å². The van der Waals surface area contributed by atoms with Crippen molar-refractivity contribution in [3.05, 3.63) is 40.0 Å². The Morgan fingerprint density at radius 3 is 2.38 bits per heavy atom. The quantitative estimate of drug-likeness (QED) is 0.414. The van der Waals surface area contributed by atoms with E-state index in [1.165, 1.54) is 19.1 Å².